The molecule has 1 aliphatic heterocycles. The van der Waals surface area contributed by atoms with Gasteiger partial charge in [-0.15, -0.1) is 0 Å². The van der Waals surface area contributed by atoms with Gasteiger partial charge in [0.15, 0.2) is 5.78 Å². The van der Waals surface area contributed by atoms with Crippen molar-refractivity contribution in [1.29, 1.82) is 5.26 Å². The molecule has 1 atom stereocenters. The zero-order chi connectivity index (χ0) is 25.3. The standard InChI is InChI=1S/C28H30IN3O3/c1-5-34-19-11-12-24(35-6-2)20(13-19)25-21(16-30)27(31)32(18-9-7-17(29)8-10-18)22-14-28(3,4)15-23(33)26(22)25/h7-13,25H,5-6,14-15,31H2,1-4H3. The molecule has 0 fully saturated rings. The smallest absolute Gasteiger partial charge is 0.162 e. The van der Waals surface area contributed by atoms with E-state index in [9.17, 15) is 10.1 Å². The lowest BCUT2D eigenvalue weighted by atomic mass is 9.68. The molecule has 2 aromatic rings. The number of anilines is 1. The van der Waals surface area contributed by atoms with Crippen LogP contribution in [0.15, 0.2) is 65.1 Å². The first-order valence-corrected chi connectivity index (χ1v) is 12.9. The van der Waals surface area contributed by atoms with Gasteiger partial charge in [0.25, 0.3) is 0 Å². The van der Waals surface area contributed by atoms with E-state index >= 15 is 0 Å². The van der Waals surface area contributed by atoms with E-state index in [4.69, 9.17) is 15.2 Å². The lowest BCUT2D eigenvalue weighted by Gasteiger charge is -2.44. The molecule has 2 aliphatic rings. The number of carbonyl (C=O) groups is 1. The molecule has 35 heavy (non-hydrogen) atoms. The zero-order valence-electron chi connectivity index (χ0n) is 20.5. The second-order valence-corrected chi connectivity index (χ2v) is 10.8. The third kappa shape index (κ3) is 4.76. The molecule has 0 saturated heterocycles. The second-order valence-electron chi connectivity index (χ2n) is 9.52. The van der Waals surface area contributed by atoms with E-state index in [0.717, 1.165) is 20.5 Å². The first kappa shape index (κ1) is 25.1. The Labute approximate surface area is 220 Å². The average molecular weight is 583 g/mol. The predicted molar refractivity (Wildman–Crippen MR) is 145 cm³/mol. The average Bonchev–Trinajstić information content (AvgIpc) is 2.80. The third-order valence-electron chi connectivity index (χ3n) is 6.37. The highest BCUT2D eigenvalue weighted by molar-refractivity contribution is 14.1. The molecule has 2 N–H and O–H groups in total. The Bertz CT molecular complexity index is 1260. The van der Waals surface area contributed by atoms with Gasteiger partial charge in [-0.25, -0.2) is 0 Å². The van der Waals surface area contributed by atoms with Crippen molar-refractivity contribution < 1.29 is 14.3 Å². The van der Waals surface area contributed by atoms with E-state index < -0.39 is 5.92 Å². The number of nitrogens with two attached hydrogens (primary N) is 1. The summed E-state index contributed by atoms with van der Waals surface area (Å²) < 4.78 is 12.8. The molecule has 0 amide bonds. The number of halogens is 1. The van der Waals surface area contributed by atoms with Crippen molar-refractivity contribution in [2.75, 3.05) is 18.1 Å². The number of nitrogens with zero attached hydrogens (tertiary/aromatic N) is 2. The molecule has 0 bridgehead atoms. The largest absolute Gasteiger partial charge is 0.494 e. The van der Waals surface area contributed by atoms with E-state index in [0.29, 0.717) is 54.5 Å². The number of hydrogen-bond acceptors (Lipinski definition) is 6. The van der Waals surface area contributed by atoms with Crippen LogP contribution in [-0.4, -0.2) is 19.0 Å². The molecule has 1 unspecified atom stereocenters. The van der Waals surface area contributed by atoms with Crippen LogP contribution in [-0.2, 0) is 4.79 Å². The van der Waals surface area contributed by atoms with E-state index in [1.165, 1.54) is 0 Å². The van der Waals surface area contributed by atoms with Crippen LogP contribution in [0.1, 0.15) is 52.0 Å². The van der Waals surface area contributed by atoms with Crippen LogP contribution in [0.5, 0.6) is 11.5 Å². The summed E-state index contributed by atoms with van der Waals surface area (Å²) in [5, 5.41) is 10.4. The number of ether oxygens (including phenoxy) is 2. The van der Waals surface area contributed by atoms with Crippen LogP contribution in [0.25, 0.3) is 0 Å². The summed E-state index contributed by atoms with van der Waals surface area (Å²) in [4.78, 5) is 15.7. The molecule has 0 saturated carbocycles. The van der Waals surface area contributed by atoms with Crippen molar-refractivity contribution in [2.45, 2.75) is 46.5 Å². The fourth-order valence-electron chi connectivity index (χ4n) is 5.00. The van der Waals surface area contributed by atoms with Gasteiger partial charge in [0, 0.05) is 32.5 Å². The Morgan fingerprint density at radius 1 is 1.11 bits per heavy atom. The van der Waals surface area contributed by atoms with Crippen LogP contribution >= 0.6 is 22.6 Å². The number of ketones is 1. The molecular formula is C28H30IN3O3. The first-order chi connectivity index (χ1) is 16.7. The SMILES string of the molecule is CCOc1ccc(OCC)c(C2C(C#N)=C(N)N(c3ccc(I)cc3)C3=C2C(=O)CC(C)(C)C3)c1. The van der Waals surface area contributed by atoms with Crippen LogP contribution in [0.4, 0.5) is 5.69 Å². The van der Waals surface area contributed by atoms with Crippen molar-refractivity contribution in [3.8, 4) is 17.6 Å². The van der Waals surface area contributed by atoms with Gasteiger partial charge in [0.1, 0.15) is 17.3 Å². The Morgan fingerprint density at radius 3 is 2.43 bits per heavy atom. The normalized spacial score (nSPS) is 19.4. The topological polar surface area (TPSA) is 88.6 Å². The van der Waals surface area contributed by atoms with Crippen LogP contribution in [0.2, 0.25) is 0 Å². The van der Waals surface area contributed by atoms with E-state index in [1.54, 1.807) is 0 Å². The van der Waals surface area contributed by atoms with Gasteiger partial charge in [-0.3, -0.25) is 9.69 Å². The van der Waals surface area contributed by atoms with E-state index in [1.807, 2.05) is 61.2 Å². The second kappa shape index (κ2) is 9.94. The molecule has 4 rings (SSSR count). The maximum Gasteiger partial charge on any atom is 0.162 e. The summed E-state index contributed by atoms with van der Waals surface area (Å²) in [5.74, 6) is 1.02. The Kier molecular flexibility index (Phi) is 7.13. The summed E-state index contributed by atoms with van der Waals surface area (Å²) in [5.41, 5.74) is 9.88. The van der Waals surface area contributed by atoms with Gasteiger partial charge in [-0.1, -0.05) is 13.8 Å². The lowest BCUT2D eigenvalue weighted by Crippen LogP contribution is -2.42. The maximum atomic E-state index is 13.8. The molecule has 0 aromatic heterocycles. The van der Waals surface area contributed by atoms with Crippen molar-refractivity contribution in [2.24, 2.45) is 11.1 Å². The van der Waals surface area contributed by atoms with E-state index in [2.05, 4.69) is 42.5 Å². The van der Waals surface area contributed by atoms with Crippen LogP contribution in [0.3, 0.4) is 0 Å². The zero-order valence-corrected chi connectivity index (χ0v) is 22.7. The minimum atomic E-state index is -0.624. The van der Waals surface area contributed by atoms with Gasteiger partial charge in [-0.2, -0.15) is 5.26 Å². The number of Topliss-reactive ketones (excluding diaryl/α,β-unsaturated/α-hetero) is 1. The molecule has 1 aliphatic carbocycles. The summed E-state index contributed by atoms with van der Waals surface area (Å²) >= 11 is 2.26. The summed E-state index contributed by atoms with van der Waals surface area (Å²) in [6, 6.07) is 15.8. The highest BCUT2D eigenvalue weighted by atomic mass is 127. The highest BCUT2D eigenvalue weighted by Crippen LogP contribution is 2.52. The Balaban J connectivity index is 2.01. The van der Waals surface area contributed by atoms with Gasteiger partial charge in [0.05, 0.1) is 30.8 Å². The number of benzene rings is 2. The van der Waals surface area contributed by atoms with Crippen molar-refractivity contribution in [1.82, 2.24) is 0 Å². The molecule has 0 spiro atoms. The lowest BCUT2D eigenvalue weighted by molar-refractivity contribution is -0.118. The molecular weight excluding hydrogens is 553 g/mol. The fourth-order valence-corrected chi connectivity index (χ4v) is 5.36. The van der Waals surface area contributed by atoms with Gasteiger partial charge < -0.3 is 15.2 Å². The Hall–Kier alpha value is -2.99. The van der Waals surface area contributed by atoms with Crippen molar-refractivity contribution >= 4 is 34.1 Å². The minimum Gasteiger partial charge on any atom is -0.494 e. The summed E-state index contributed by atoms with van der Waals surface area (Å²) in [6.07, 6.45) is 1.06. The first-order valence-electron chi connectivity index (χ1n) is 11.8. The number of rotatable bonds is 6. The van der Waals surface area contributed by atoms with Crippen LogP contribution in [0, 0.1) is 20.3 Å². The molecule has 0 radical (unpaired) electrons. The number of hydrogen-bond donors (Lipinski definition) is 1. The van der Waals surface area contributed by atoms with Crippen LogP contribution < -0.4 is 20.1 Å². The number of allylic oxidation sites excluding steroid dienone is 3. The number of carbonyl (C=O) groups excluding carboxylic acids is 1. The summed E-state index contributed by atoms with van der Waals surface area (Å²) in [6.45, 7) is 8.97. The summed E-state index contributed by atoms with van der Waals surface area (Å²) in [7, 11) is 0. The molecule has 2 aromatic carbocycles. The molecule has 7 heteroatoms. The van der Waals surface area contributed by atoms with Crippen molar-refractivity contribution in [3.63, 3.8) is 0 Å². The van der Waals surface area contributed by atoms with Crippen molar-refractivity contribution in [3.05, 3.63) is 74.3 Å². The highest BCUT2D eigenvalue weighted by Gasteiger charge is 2.45. The Morgan fingerprint density at radius 2 is 1.80 bits per heavy atom. The predicted octanol–water partition coefficient (Wildman–Crippen LogP) is 6.03. The van der Waals surface area contributed by atoms with E-state index in [-0.39, 0.29) is 11.2 Å². The molecule has 6 nitrogen and oxygen atoms in total. The van der Waals surface area contributed by atoms with Gasteiger partial charge in [0.2, 0.25) is 0 Å². The minimum absolute atomic E-state index is 0.0290. The maximum absolute atomic E-state index is 13.8. The molecule has 182 valence electrons. The number of nitriles is 1. The quantitative estimate of drug-likeness (QED) is 0.418. The van der Waals surface area contributed by atoms with Gasteiger partial charge >= 0.3 is 0 Å². The molecule has 1 heterocycles. The third-order valence-corrected chi connectivity index (χ3v) is 7.09. The van der Waals surface area contributed by atoms with Gasteiger partial charge in [-0.05, 0) is 90.7 Å². The monoisotopic (exact) mass is 583 g/mol. The fraction of sp³-hybridized carbons (Fsp3) is 0.357.